The van der Waals surface area contributed by atoms with Crippen molar-refractivity contribution in [2.75, 3.05) is 37.6 Å². The van der Waals surface area contributed by atoms with E-state index in [2.05, 4.69) is 33.9 Å². The van der Waals surface area contributed by atoms with Gasteiger partial charge in [-0.3, -0.25) is 9.69 Å². The Hall–Kier alpha value is -1.07. The fourth-order valence-electron chi connectivity index (χ4n) is 1.85. The Morgan fingerprint density at radius 2 is 2.28 bits per heavy atom. The first-order chi connectivity index (χ1) is 8.61. The summed E-state index contributed by atoms with van der Waals surface area (Å²) in [5.74, 6) is 0.784. The van der Waals surface area contributed by atoms with Gasteiger partial charge in [-0.1, -0.05) is 22.0 Å². The Labute approximate surface area is 116 Å². The van der Waals surface area contributed by atoms with Crippen LogP contribution in [0, 0.1) is 0 Å². The molecule has 1 aliphatic rings. The van der Waals surface area contributed by atoms with E-state index < -0.39 is 0 Å². The van der Waals surface area contributed by atoms with E-state index in [1.54, 1.807) is 11.9 Å². The summed E-state index contributed by atoms with van der Waals surface area (Å²) in [7, 11) is 3.85. The highest BCUT2D eigenvalue weighted by molar-refractivity contribution is 9.09. The number of fused-ring (bicyclic) bond motifs is 1. The van der Waals surface area contributed by atoms with Gasteiger partial charge < -0.3 is 9.64 Å². The van der Waals surface area contributed by atoms with Gasteiger partial charge in [0.25, 0.3) is 5.91 Å². The number of amides is 1. The Balaban J connectivity index is 2.13. The fourth-order valence-corrected chi connectivity index (χ4v) is 2.10. The monoisotopic (exact) mass is 312 g/mol. The van der Waals surface area contributed by atoms with Crippen molar-refractivity contribution in [3.63, 3.8) is 0 Å². The molecule has 2 rings (SSSR count). The molecule has 0 aliphatic carbocycles. The molecule has 0 unspecified atom stereocenters. The number of halogens is 1. The molecule has 1 aromatic rings. The summed E-state index contributed by atoms with van der Waals surface area (Å²) in [6, 6.07) is 6.04. The average Bonchev–Trinajstić information content (AvgIpc) is 2.40. The van der Waals surface area contributed by atoms with Crippen LogP contribution in [0.15, 0.2) is 18.2 Å². The molecule has 1 aromatic carbocycles. The molecule has 0 aromatic heterocycles. The number of anilines is 1. The van der Waals surface area contributed by atoms with Crippen LogP contribution in [0.2, 0.25) is 0 Å². The maximum Gasteiger partial charge on any atom is 0.264 e. The average molecular weight is 313 g/mol. The number of hydrogen-bond donors (Lipinski definition) is 0. The smallest absolute Gasteiger partial charge is 0.264 e. The van der Waals surface area contributed by atoms with E-state index in [1.807, 2.05) is 12.1 Å². The molecule has 0 radical (unpaired) electrons. The Bertz CT molecular complexity index is 451. The molecule has 0 saturated heterocycles. The van der Waals surface area contributed by atoms with E-state index in [1.165, 1.54) is 5.56 Å². The number of benzene rings is 1. The number of likely N-dealkylation sites (N-methyl/N-ethyl adjacent to an activating group) is 2. The highest BCUT2D eigenvalue weighted by atomic mass is 79.9. The van der Waals surface area contributed by atoms with Gasteiger partial charge in [0.1, 0.15) is 5.75 Å². The highest BCUT2D eigenvalue weighted by Gasteiger charge is 2.22. The zero-order valence-corrected chi connectivity index (χ0v) is 12.2. The van der Waals surface area contributed by atoms with Crippen molar-refractivity contribution in [3.05, 3.63) is 23.8 Å². The summed E-state index contributed by atoms with van der Waals surface area (Å²) in [5.41, 5.74) is 2.94. The first kappa shape index (κ1) is 13.4. The lowest BCUT2D eigenvalue weighted by molar-refractivity contribution is -0.120. The first-order valence-electron chi connectivity index (χ1n) is 5.88. The molecule has 0 saturated carbocycles. The molecular formula is C13H17BrN2O2. The van der Waals surface area contributed by atoms with Crippen molar-refractivity contribution >= 4 is 27.5 Å². The lowest BCUT2D eigenvalue weighted by atomic mass is 10.1. The van der Waals surface area contributed by atoms with Crippen LogP contribution in [-0.4, -0.2) is 43.5 Å². The summed E-state index contributed by atoms with van der Waals surface area (Å²) in [5, 5.41) is 0. The minimum Gasteiger partial charge on any atom is -0.482 e. The largest absolute Gasteiger partial charge is 0.482 e. The molecule has 0 spiro atoms. The van der Waals surface area contributed by atoms with Crippen LogP contribution in [0.1, 0.15) is 5.56 Å². The molecule has 0 N–H and O–H groups in total. The lowest BCUT2D eigenvalue weighted by Gasteiger charge is -2.26. The van der Waals surface area contributed by atoms with E-state index in [9.17, 15) is 4.79 Å². The summed E-state index contributed by atoms with van der Waals surface area (Å²) < 4.78 is 5.40. The second-order valence-electron chi connectivity index (χ2n) is 4.49. The van der Waals surface area contributed by atoms with Gasteiger partial charge in [0, 0.05) is 13.6 Å². The Morgan fingerprint density at radius 3 is 3.00 bits per heavy atom. The van der Waals surface area contributed by atoms with Crippen LogP contribution in [0.4, 0.5) is 5.69 Å². The number of carbonyl (C=O) groups is 1. The van der Waals surface area contributed by atoms with Gasteiger partial charge in [-0.25, -0.2) is 0 Å². The molecule has 0 bridgehead atoms. The third kappa shape index (κ3) is 2.84. The minimum atomic E-state index is -0.00257. The van der Waals surface area contributed by atoms with Crippen LogP contribution in [0.3, 0.4) is 0 Å². The topological polar surface area (TPSA) is 32.8 Å². The van der Waals surface area contributed by atoms with Crippen molar-refractivity contribution in [1.82, 2.24) is 4.90 Å². The summed E-state index contributed by atoms with van der Waals surface area (Å²) in [6.07, 6.45) is 0.956. The van der Waals surface area contributed by atoms with Crippen LogP contribution in [0.25, 0.3) is 0 Å². The summed E-state index contributed by atoms with van der Waals surface area (Å²) in [6.45, 7) is 1.11. The van der Waals surface area contributed by atoms with Crippen molar-refractivity contribution < 1.29 is 9.53 Å². The minimum absolute atomic E-state index is 0.00257. The van der Waals surface area contributed by atoms with Crippen LogP contribution in [0.5, 0.6) is 5.75 Å². The molecule has 0 fully saturated rings. The number of carbonyl (C=O) groups excluding carboxylic acids is 1. The van der Waals surface area contributed by atoms with Gasteiger partial charge in [0.05, 0.1) is 11.1 Å². The maximum absolute atomic E-state index is 11.6. The number of ether oxygens (including phenoxy) is 1. The second kappa shape index (κ2) is 5.71. The Kier molecular flexibility index (Phi) is 4.24. The van der Waals surface area contributed by atoms with Gasteiger partial charge in [-0.15, -0.1) is 0 Å². The van der Waals surface area contributed by atoms with E-state index in [-0.39, 0.29) is 12.5 Å². The molecule has 5 heteroatoms. The lowest BCUT2D eigenvalue weighted by Crippen LogP contribution is -2.35. The third-order valence-corrected chi connectivity index (χ3v) is 3.95. The number of nitrogens with zero attached hydrogens (tertiary/aromatic N) is 2. The van der Waals surface area contributed by atoms with Crippen molar-refractivity contribution in [1.29, 1.82) is 0 Å². The molecule has 98 valence electrons. The van der Waals surface area contributed by atoms with E-state index in [4.69, 9.17) is 4.74 Å². The molecule has 0 atom stereocenters. The fraction of sp³-hybridized carbons (Fsp3) is 0.462. The molecular weight excluding hydrogens is 296 g/mol. The van der Waals surface area contributed by atoms with E-state index in [0.717, 1.165) is 29.9 Å². The van der Waals surface area contributed by atoms with Crippen LogP contribution >= 0.6 is 15.9 Å². The van der Waals surface area contributed by atoms with Crippen LogP contribution < -0.4 is 9.64 Å². The van der Waals surface area contributed by atoms with Gasteiger partial charge in [0.2, 0.25) is 0 Å². The summed E-state index contributed by atoms with van der Waals surface area (Å²) >= 11 is 3.42. The molecule has 1 heterocycles. The van der Waals surface area contributed by atoms with Crippen LogP contribution in [-0.2, 0) is 11.2 Å². The van der Waals surface area contributed by atoms with Gasteiger partial charge in [-0.05, 0) is 31.2 Å². The van der Waals surface area contributed by atoms with Gasteiger partial charge >= 0.3 is 0 Å². The van der Waals surface area contributed by atoms with E-state index in [0.29, 0.717) is 0 Å². The van der Waals surface area contributed by atoms with Gasteiger partial charge in [0.15, 0.2) is 6.61 Å². The molecule has 4 nitrogen and oxygen atoms in total. The van der Waals surface area contributed by atoms with Crippen molar-refractivity contribution in [2.24, 2.45) is 0 Å². The number of alkyl halides is 1. The predicted molar refractivity (Wildman–Crippen MR) is 75.5 cm³/mol. The third-order valence-electron chi connectivity index (χ3n) is 3.10. The second-order valence-corrected chi connectivity index (χ2v) is 4.99. The standard InChI is InChI=1S/C13H17BrN2O2/c1-15(9-14)6-5-10-3-4-12-11(7-10)16(2)13(17)8-18-12/h3-4,7H,5-6,8-9H2,1-2H3. The van der Waals surface area contributed by atoms with Crippen molar-refractivity contribution in [2.45, 2.75) is 6.42 Å². The highest BCUT2D eigenvalue weighted by Crippen LogP contribution is 2.32. The molecule has 1 amide bonds. The Morgan fingerprint density at radius 1 is 1.50 bits per heavy atom. The number of hydrogen-bond acceptors (Lipinski definition) is 3. The van der Waals surface area contributed by atoms with E-state index >= 15 is 0 Å². The maximum atomic E-state index is 11.6. The quantitative estimate of drug-likeness (QED) is 0.628. The summed E-state index contributed by atoms with van der Waals surface area (Å²) in [4.78, 5) is 15.4. The zero-order chi connectivity index (χ0) is 13.1. The SMILES string of the molecule is CN(CBr)CCc1ccc2c(c1)N(C)C(=O)CO2. The number of rotatable bonds is 4. The van der Waals surface area contributed by atoms with Gasteiger partial charge in [-0.2, -0.15) is 0 Å². The predicted octanol–water partition coefficient (Wildman–Crippen LogP) is 1.87. The molecule has 18 heavy (non-hydrogen) atoms. The first-order valence-corrected chi connectivity index (χ1v) is 7.00. The normalized spacial score (nSPS) is 14.7. The zero-order valence-electron chi connectivity index (χ0n) is 10.6. The van der Waals surface area contributed by atoms with Crippen molar-refractivity contribution in [3.8, 4) is 5.75 Å². The molecule has 1 aliphatic heterocycles.